The van der Waals surface area contributed by atoms with E-state index in [-0.39, 0.29) is 24.1 Å². The Bertz CT molecular complexity index is 688. The van der Waals surface area contributed by atoms with Gasteiger partial charge in [-0.2, -0.15) is 0 Å². The number of carbonyl (C=O) groups is 1. The molecule has 1 atom stereocenters. The van der Waals surface area contributed by atoms with Gasteiger partial charge < -0.3 is 14.4 Å². The van der Waals surface area contributed by atoms with Crippen LogP contribution in [-0.2, 0) is 6.42 Å². The Labute approximate surface area is 156 Å². The third kappa shape index (κ3) is 6.07. The first-order valence-corrected chi connectivity index (χ1v) is 7.99. The molecular formula is C20H26ClNO3. The van der Waals surface area contributed by atoms with Gasteiger partial charge in [0.1, 0.15) is 11.5 Å². The van der Waals surface area contributed by atoms with Gasteiger partial charge in [-0.05, 0) is 50.3 Å². The first-order valence-electron chi connectivity index (χ1n) is 7.99. The van der Waals surface area contributed by atoms with Gasteiger partial charge >= 0.3 is 0 Å². The minimum absolute atomic E-state index is 0. The minimum Gasteiger partial charge on any atom is -0.497 e. The van der Waals surface area contributed by atoms with Gasteiger partial charge in [0.15, 0.2) is 5.78 Å². The predicted molar refractivity (Wildman–Crippen MR) is 103 cm³/mol. The van der Waals surface area contributed by atoms with Crippen molar-refractivity contribution in [1.82, 2.24) is 4.90 Å². The number of hydrogen-bond acceptors (Lipinski definition) is 4. The monoisotopic (exact) mass is 363 g/mol. The van der Waals surface area contributed by atoms with Crippen molar-refractivity contribution in [1.29, 1.82) is 0 Å². The summed E-state index contributed by atoms with van der Waals surface area (Å²) in [6, 6.07) is 15.2. The van der Waals surface area contributed by atoms with Crippen LogP contribution in [0.1, 0.15) is 15.9 Å². The molecule has 2 aromatic rings. The number of ketones is 1. The van der Waals surface area contributed by atoms with Crippen LogP contribution in [0.4, 0.5) is 0 Å². The topological polar surface area (TPSA) is 38.8 Å². The SMILES string of the molecule is COc1cccc(CC(CN(C)C)C(=O)c2cccc(OC)c2)c1.Cl. The average molecular weight is 364 g/mol. The Morgan fingerprint density at radius 3 is 2.20 bits per heavy atom. The molecule has 0 bridgehead atoms. The summed E-state index contributed by atoms with van der Waals surface area (Å²) in [4.78, 5) is 15.0. The van der Waals surface area contributed by atoms with Crippen molar-refractivity contribution in [2.75, 3.05) is 34.9 Å². The second-order valence-electron chi connectivity index (χ2n) is 6.11. The molecule has 0 aliphatic rings. The molecule has 0 saturated heterocycles. The Morgan fingerprint density at radius 1 is 1.00 bits per heavy atom. The second-order valence-corrected chi connectivity index (χ2v) is 6.11. The second kappa shape index (κ2) is 10.1. The number of hydrogen-bond donors (Lipinski definition) is 0. The molecule has 4 nitrogen and oxygen atoms in total. The molecule has 2 rings (SSSR count). The van der Waals surface area contributed by atoms with Crippen LogP contribution in [-0.4, -0.2) is 45.5 Å². The van der Waals surface area contributed by atoms with E-state index in [0.717, 1.165) is 11.3 Å². The number of rotatable bonds is 8. The van der Waals surface area contributed by atoms with Gasteiger partial charge in [0.2, 0.25) is 0 Å². The van der Waals surface area contributed by atoms with Crippen LogP contribution in [0.15, 0.2) is 48.5 Å². The summed E-state index contributed by atoms with van der Waals surface area (Å²) < 4.78 is 10.5. The number of methoxy groups -OCH3 is 2. The fraction of sp³-hybridized carbons (Fsp3) is 0.350. The van der Waals surface area contributed by atoms with Gasteiger partial charge in [0.25, 0.3) is 0 Å². The smallest absolute Gasteiger partial charge is 0.167 e. The van der Waals surface area contributed by atoms with Crippen LogP contribution in [0.5, 0.6) is 11.5 Å². The maximum absolute atomic E-state index is 13.0. The van der Waals surface area contributed by atoms with E-state index in [4.69, 9.17) is 9.47 Å². The number of Topliss-reactive ketones (excluding diaryl/α,β-unsaturated/α-hetero) is 1. The molecule has 25 heavy (non-hydrogen) atoms. The Hall–Kier alpha value is -2.04. The van der Waals surface area contributed by atoms with Gasteiger partial charge in [0, 0.05) is 18.0 Å². The molecule has 2 aromatic carbocycles. The molecule has 136 valence electrons. The average Bonchev–Trinajstić information content (AvgIpc) is 2.60. The molecule has 0 saturated carbocycles. The third-order valence-corrected chi connectivity index (χ3v) is 3.93. The molecule has 0 amide bonds. The van der Waals surface area contributed by atoms with E-state index in [0.29, 0.717) is 24.3 Å². The first kappa shape index (κ1) is 21.0. The quantitative estimate of drug-likeness (QED) is 0.670. The van der Waals surface area contributed by atoms with Crippen molar-refractivity contribution in [3.8, 4) is 11.5 Å². The van der Waals surface area contributed by atoms with Crippen LogP contribution in [0.3, 0.4) is 0 Å². The van der Waals surface area contributed by atoms with Crippen LogP contribution >= 0.6 is 12.4 Å². The Morgan fingerprint density at radius 2 is 1.60 bits per heavy atom. The van der Waals surface area contributed by atoms with E-state index in [1.165, 1.54) is 0 Å². The highest BCUT2D eigenvalue weighted by Gasteiger charge is 2.22. The van der Waals surface area contributed by atoms with Crippen LogP contribution < -0.4 is 9.47 Å². The molecule has 0 aliphatic heterocycles. The van der Waals surface area contributed by atoms with Crippen LogP contribution in [0.25, 0.3) is 0 Å². The Balaban J connectivity index is 0.00000312. The van der Waals surface area contributed by atoms with Crippen molar-refractivity contribution in [3.63, 3.8) is 0 Å². The van der Waals surface area contributed by atoms with Crippen molar-refractivity contribution in [2.24, 2.45) is 5.92 Å². The van der Waals surface area contributed by atoms with Gasteiger partial charge in [-0.15, -0.1) is 12.4 Å². The molecular weight excluding hydrogens is 338 g/mol. The number of benzene rings is 2. The molecule has 1 unspecified atom stereocenters. The molecule has 0 fully saturated rings. The third-order valence-electron chi connectivity index (χ3n) is 3.93. The number of nitrogens with zero attached hydrogens (tertiary/aromatic N) is 1. The zero-order valence-corrected chi connectivity index (χ0v) is 16.0. The van der Waals surface area contributed by atoms with E-state index >= 15 is 0 Å². The number of halogens is 1. The maximum Gasteiger partial charge on any atom is 0.167 e. The summed E-state index contributed by atoms with van der Waals surface area (Å²) in [6.45, 7) is 0.688. The summed E-state index contributed by atoms with van der Waals surface area (Å²) in [5.41, 5.74) is 1.78. The van der Waals surface area contributed by atoms with Crippen LogP contribution in [0.2, 0.25) is 0 Å². The molecule has 0 N–H and O–H groups in total. The molecule has 0 heterocycles. The van der Waals surface area contributed by atoms with Crippen molar-refractivity contribution < 1.29 is 14.3 Å². The molecule has 0 spiro atoms. The number of carbonyl (C=O) groups excluding carboxylic acids is 1. The summed E-state index contributed by atoms with van der Waals surface area (Å²) in [5, 5.41) is 0. The highest BCUT2D eigenvalue weighted by Crippen LogP contribution is 2.21. The summed E-state index contributed by atoms with van der Waals surface area (Å²) in [6.07, 6.45) is 0.672. The summed E-state index contributed by atoms with van der Waals surface area (Å²) in [7, 11) is 7.23. The maximum atomic E-state index is 13.0. The lowest BCUT2D eigenvalue weighted by molar-refractivity contribution is 0.0896. The summed E-state index contributed by atoms with van der Waals surface area (Å²) in [5.74, 6) is 1.51. The van der Waals surface area contributed by atoms with Gasteiger partial charge in [0.05, 0.1) is 14.2 Å². The molecule has 5 heteroatoms. The van der Waals surface area contributed by atoms with E-state index < -0.39 is 0 Å². The fourth-order valence-corrected chi connectivity index (χ4v) is 2.78. The zero-order chi connectivity index (χ0) is 17.5. The minimum atomic E-state index is -0.126. The lowest BCUT2D eigenvalue weighted by atomic mass is 9.90. The number of ether oxygens (including phenoxy) is 2. The van der Waals surface area contributed by atoms with Crippen molar-refractivity contribution >= 4 is 18.2 Å². The molecule has 0 aliphatic carbocycles. The van der Waals surface area contributed by atoms with E-state index in [1.807, 2.05) is 61.5 Å². The van der Waals surface area contributed by atoms with Gasteiger partial charge in [-0.1, -0.05) is 24.3 Å². The van der Waals surface area contributed by atoms with Crippen molar-refractivity contribution in [3.05, 3.63) is 59.7 Å². The first-order chi connectivity index (χ1) is 11.5. The van der Waals surface area contributed by atoms with E-state index in [2.05, 4.69) is 0 Å². The lowest BCUT2D eigenvalue weighted by Crippen LogP contribution is -2.29. The van der Waals surface area contributed by atoms with E-state index in [9.17, 15) is 4.79 Å². The van der Waals surface area contributed by atoms with Crippen molar-refractivity contribution in [2.45, 2.75) is 6.42 Å². The predicted octanol–water partition coefficient (Wildman–Crippen LogP) is 3.73. The highest BCUT2D eigenvalue weighted by molar-refractivity contribution is 5.98. The largest absolute Gasteiger partial charge is 0.497 e. The van der Waals surface area contributed by atoms with Crippen LogP contribution in [0, 0.1) is 5.92 Å². The van der Waals surface area contributed by atoms with E-state index in [1.54, 1.807) is 20.3 Å². The molecule has 0 aromatic heterocycles. The zero-order valence-electron chi connectivity index (χ0n) is 15.2. The summed E-state index contributed by atoms with van der Waals surface area (Å²) >= 11 is 0. The molecule has 0 radical (unpaired) electrons. The standard InChI is InChI=1S/C20H25NO3.ClH/c1-21(2)14-17(11-15-7-5-9-18(12-15)23-3)20(22)16-8-6-10-19(13-16)24-4;/h5-10,12-13,17H,11,14H2,1-4H3;1H. The fourth-order valence-electron chi connectivity index (χ4n) is 2.78. The Kier molecular flexibility index (Phi) is 8.46. The van der Waals surface area contributed by atoms with Gasteiger partial charge in [-0.25, -0.2) is 0 Å². The highest BCUT2D eigenvalue weighted by atomic mass is 35.5. The normalized spacial score (nSPS) is 11.6. The lowest BCUT2D eigenvalue weighted by Gasteiger charge is -2.20. The van der Waals surface area contributed by atoms with Gasteiger partial charge in [-0.3, -0.25) is 4.79 Å².